The molecule has 0 aliphatic carbocycles. The Morgan fingerprint density at radius 3 is 2.23 bits per heavy atom. The lowest BCUT2D eigenvalue weighted by molar-refractivity contribution is 0.416. The molecule has 0 fully saturated rings. The van der Waals surface area contributed by atoms with E-state index in [0.29, 0.717) is 0 Å². The summed E-state index contributed by atoms with van der Waals surface area (Å²) in [5.74, 6) is 1.52. The summed E-state index contributed by atoms with van der Waals surface area (Å²) in [6.07, 6.45) is 0. The maximum Gasteiger partial charge on any atom is 0.161 e. The second-order valence-electron chi connectivity index (χ2n) is 6.13. The quantitative estimate of drug-likeness (QED) is 0.543. The minimum atomic E-state index is 0.739. The first-order chi connectivity index (χ1) is 12.8. The van der Waals surface area contributed by atoms with E-state index in [4.69, 9.17) is 4.74 Å². The van der Waals surface area contributed by atoms with Crippen LogP contribution in [0.2, 0.25) is 0 Å². The molecule has 4 heteroatoms. The lowest BCUT2D eigenvalue weighted by Gasteiger charge is -2.13. The average molecular weight is 341 g/mol. The molecule has 4 rings (SSSR count). The molecule has 0 atom stereocenters. The third-order valence-corrected chi connectivity index (χ3v) is 4.36. The number of hydrogen-bond acceptors (Lipinski definition) is 4. The number of fused-ring (bicyclic) bond motifs is 1. The number of hydrogen-bond donors (Lipinski definition) is 1. The fourth-order valence-corrected chi connectivity index (χ4v) is 3.01. The van der Waals surface area contributed by atoms with Crippen molar-refractivity contribution in [3.63, 3.8) is 0 Å². The van der Waals surface area contributed by atoms with Gasteiger partial charge in [-0.25, -0.2) is 0 Å². The first kappa shape index (κ1) is 16.1. The second kappa shape index (κ2) is 6.84. The summed E-state index contributed by atoms with van der Waals surface area (Å²) in [5.41, 5.74) is 3.95. The maximum absolute atomic E-state index is 5.50. The van der Waals surface area contributed by atoms with Crippen molar-refractivity contribution in [1.29, 1.82) is 0 Å². The van der Waals surface area contributed by atoms with Crippen LogP contribution >= 0.6 is 0 Å². The number of benzene rings is 3. The summed E-state index contributed by atoms with van der Waals surface area (Å²) >= 11 is 0. The van der Waals surface area contributed by atoms with Crippen LogP contribution in [0.4, 0.5) is 11.5 Å². The Hall–Kier alpha value is -3.40. The molecule has 0 bridgehead atoms. The minimum Gasteiger partial charge on any atom is -0.496 e. The standard InChI is InChI=1S/C22H19N3O/c1-15-11-13-16(14-12-15)23-22-18-8-4-3-7-17(18)21(24-25-22)19-9-5-6-10-20(19)26-2/h3-14H,1-2H3,(H,23,25). The molecule has 0 saturated carbocycles. The van der Waals surface area contributed by atoms with Crippen LogP contribution in [0.1, 0.15) is 5.56 Å². The fourth-order valence-electron chi connectivity index (χ4n) is 3.01. The van der Waals surface area contributed by atoms with Gasteiger partial charge in [-0.1, -0.05) is 54.1 Å². The van der Waals surface area contributed by atoms with Gasteiger partial charge >= 0.3 is 0 Å². The van der Waals surface area contributed by atoms with Crippen molar-refractivity contribution in [1.82, 2.24) is 10.2 Å². The Morgan fingerprint density at radius 1 is 0.769 bits per heavy atom. The molecule has 1 aromatic heterocycles. The number of para-hydroxylation sites is 1. The van der Waals surface area contributed by atoms with Crippen LogP contribution in [0.25, 0.3) is 22.0 Å². The van der Waals surface area contributed by atoms with Crippen molar-refractivity contribution in [2.75, 3.05) is 12.4 Å². The van der Waals surface area contributed by atoms with Gasteiger partial charge in [-0.2, -0.15) is 0 Å². The molecule has 1 heterocycles. The van der Waals surface area contributed by atoms with Gasteiger partial charge in [-0.15, -0.1) is 10.2 Å². The number of rotatable bonds is 4. The molecular weight excluding hydrogens is 322 g/mol. The Morgan fingerprint density at radius 2 is 1.46 bits per heavy atom. The van der Waals surface area contributed by atoms with Crippen LogP contribution in [0, 0.1) is 6.92 Å². The molecule has 0 unspecified atom stereocenters. The number of aromatic nitrogens is 2. The van der Waals surface area contributed by atoms with Gasteiger partial charge in [-0.05, 0) is 31.2 Å². The van der Waals surface area contributed by atoms with Crippen LogP contribution in [0.3, 0.4) is 0 Å². The van der Waals surface area contributed by atoms with Gasteiger partial charge in [0, 0.05) is 22.0 Å². The molecule has 26 heavy (non-hydrogen) atoms. The van der Waals surface area contributed by atoms with Crippen LogP contribution in [0.15, 0.2) is 72.8 Å². The van der Waals surface area contributed by atoms with E-state index in [2.05, 4.69) is 46.7 Å². The number of anilines is 2. The number of ether oxygens (including phenoxy) is 1. The highest BCUT2D eigenvalue weighted by Crippen LogP contribution is 2.35. The Labute approximate surface area is 152 Å². The molecule has 4 aromatic rings. The zero-order valence-corrected chi connectivity index (χ0v) is 14.7. The van der Waals surface area contributed by atoms with Gasteiger partial charge in [0.25, 0.3) is 0 Å². The van der Waals surface area contributed by atoms with Crippen LogP contribution in [0.5, 0.6) is 5.75 Å². The first-order valence-electron chi connectivity index (χ1n) is 8.49. The van der Waals surface area contributed by atoms with Gasteiger partial charge in [0.05, 0.1) is 7.11 Å². The van der Waals surface area contributed by atoms with Gasteiger partial charge in [0.15, 0.2) is 5.82 Å². The largest absolute Gasteiger partial charge is 0.496 e. The monoisotopic (exact) mass is 341 g/mol. The summed E-state index contributed by atoms with van der Waals surface area (Å²) < 4.78 is 5.50. The van der Waals surface area contributed by atoms with E-state index in [-0.39, 0.29) is 0 Å². The average Bonchev–Trinajstić information content (AvgIpc) is 2.70. The third kappa shape index (κ3) is 2.97. The SMILES string of the molecule is COc1ccccc1-c1nnc(Nc2ccc(C)cc2)c2ccccc12. The van der Waals surface area contributed by atoms with Crippen molar-refractivity contribution in [2.45, 2.75) is 6.92 Å². The number of nitrogens with zero attached hydrogens (tertiary/aromatic N) is 2. The van der Waals surface area contributed by atoms with E-state index >= 15 is 0 Å². The lowest BCUT2D eigenvalue weighted by atomic mass is 10.0. The molecule has 0 radical (unpaired) electrons. The smallest absolute Gasteiger partial charge is 0.161 e. The predicted octanol–water partition coefficient (Wildman–Crippen LogP) is 5.36. The Balaban J connectivity index is 1.84. The summed E-state index contributed by atoms with van der Waals surface area (Å²) in [4.78, 5) is 0. The van der Waals surface area contributed by atoms with E-state index in [0.717, 1.165) is 39.3 Å². The van der Waals surface area contributed by atoms with Crippen molar-refractivity contribution in [2.24, 2.45) is 0 Å². The van der Waals surface area contributed by atoms with Crippen molar-refractivity contribution in [3.8, 4) is 17.0 Å². The molecule has 3 aromatic carbocycles. The molecule has 1 N–H and O–H groups in total. The summed E-state index contributed by atoms with van der Waals surface area (Å²) in [7, 11) is 1.67. The van der Waals surface area contributed by atoms with Crippen LogP contribution < -0.4 is 10.1 Å². The fraction of sp³-hybridized carbons (Fsp3) is 0.0909. The molecule has 0 amide bonds. The van der Waals surface area contributed by atoms with E-state index in [1.54, 1.807) is 7.11 Å². The van der Waals surface area contributed by atoms with Crippen molar-refractivity contribution < 1.29 is 4.74 Å². The summed E-state index contributed by atoms with van der Waals surface area (Å²) in [5, 5.41) is 14.4. The highest BCUT2D eigenvalue weighted by Gasteiger charge is 2.14. The van der Waals surface area contributed by atoms with E-state index < -0.39 is 0 Å². The second-order valence-corrected chi connectivity index (χ2v) is 6.13. The van der Waals surface area contributed by atoms with Crippen molar-refractivity contribution >= 4 is 22.3 Å². The van der Waals surface area contributed by atoms with Gasteiger partial charge in [0.1, 0.15) is 11.4 Å². The predicted molar refractivity (Wildman–Crippen MR) is 106 cm³/mol. The zero-order valence-electron chi connectivity index (χ0n) is 14.7. The molecule has 0 saturated heterocycles. The van der Waals surface area contributed by atoms with E-state index in [9.17, 15) is 0 Å². The maximum atomic E-state index is 5.50. The third-order valence-electron chi connectivity index (χ3n) is 4.36. The van der Waals surface area contributed by atoms with Gasteiger partial charge < -0.3 is 10.1 Å². The van der Waals surface area contributed by atoms with Gasteiger partial charge in [-0.3, -0.25) is 0 Å². The van der Waals surface area contributed by atoms with E-state index in [1.807, 2.05) is 48.5 Å². The summed E-state index contributed by atoms with van der Waals surface area (Å²) in [6, 6.07) is 24.2. The number of methoxy groups -OCH3 is 1. The molecule has 0 aliphatic rings. The van der Waals surface area contributed by atoms with Crippen molar-refractivity contribution in [3.05, 3.63) is 78.4 Å². The lowest BCUT2D eigenvalue weighted by Crippen LogP contribution is -2.00. The summed E-state index contributed by atoms with van der Waals surface area (Å²) in [6.45, 7) is 2.07. The molecule has 0 aliphatic heterocycles. The minimum absolute atomic E-state index is 0.739. The Kier molecular flexibility index (Phi) is 4.23. The normalized spacial score (nSPS) is 10.7. The molecular formula is C22H19N3O. The van der Waals surface area contributed by atoms with Crippen LogP contribution in [-0.4, -0.2) is 17.3 Å². The first-order valence-corrected chi connectivity index (χ1v) is 8.49. The molecule has 128 valence electrons. The number of aryl methyl sites for hydroxylation is 1. The highest BCUT2D eigenvalue weighted by atomic mass is 16.5. The topological polar surface area (TPSA) is 47.0 Å². The highest BCUT2D eigenvalue weighted by molar-refractivity contribution is 6.01. The van der Waals surface area contributed by atoms with Gasteiger partial charge in [0.2, 0.25) is 0 Å². The van der Waals surface area contributed by atoms with E-state index in [1.165, 1.54) is 5.56 Å². The van der Waals surface area contributed by atoms with Crippen LogP contribution in [-0.2, 0) is 0 Å². The Bertz CT molecular complexity index is 1060. The molecule has 0 spiro atoms. The molecule has 4 nitrogen and oxygen atoms in total. The zero-order chi connectivity index (χ0) is 17.9. The number of nitrogens with one attached hydrogen (secondary N) is 1.